The molecular weight excluding hydrogens is 352 g/mol. The van der Waals surface area contributed by atoms with E-state index in [1.165, 1.54) is 13.4 Å². The molecule has 0 aliphatic carbocycles. The lowest BCUT2D eigenvalue weighted by Crippen LogP contribution is -2.05. The van der Waals surface area contributed by atoms with Crippen LogP contribution in [0.5, 0.6) is 0 Å². The van der Waals surface area contributed by atoms with Crippen molar-refractivity contribution >= 4 is 22.6 Å². The zero-order chi connectivity index (χ0) is 17.9. The highest BCUT2D eigenvalue weighted by Gasteiger charge is 2.10. The fourth-order valence-electron chi connectivity index (χ4n) is 2.54. The van der Waals surface area contributed by atoms with Crippen LogP contribution in [0.1, 0.15) is 0 Å². The molecule has 1 atom stereocenters. The smallest absolute Gasteiger partial charge is 0.261 e. The number of imidazole rings is 1. The van der Waals surface area contributed by atoms with Gasteiger partial charge in [0, 0.05) is 29.2 Å². The summed E-state index contributed by atoms with van der Waals surface area (Å²) in [5.74, 6) is 0. The van der Waals surface area contributed by atoms with Crippen molar-refractivity contribution in [3.8, 4) is 22.5 Å². The highest BCUT2D eigenvalue weighted by Crippen LogP contribution is 2.24. The average molecular weight is 366 g/mol. The molecule has 3 heterocycles. The number of aromatic nitrogens is 5. The van der Waals surface area contributed by atoms with Gasteiger partial charge in [-0.05, 0) is 24.3 Å². The van der Waals surface area contributed by atoms with Gasteiger partial charge in [-0.15, -0.1) is 0 Å². The van der Waals surface area contributed by atoms with Crippen LogP contribution in [0.3, 0.4) is 0 Å². The van der Waals surface area contributed by atoms with E-state index in [-0.39, 0.29) is 0 Å². The van der Waals surface area contributed by atoms with Gasteiger partial charge in [0.2, 0.25) is 0 Å². The largest absolute Gasteiger partial charge is 0.282 e. The van der Waals surface area contributed by atoms with Crippen molar-refractivity contribution in [3.63, 3.8) is 0 Å². The van der Waals surface area contributed by atoms with Gasteiger partial charge in [-0.3, -0.25) is 8.91 Å². The normalized spacial score (nSPS) is 12.2. The van der Waals surface area contributed by atoms with Gasteiger partial charge >= 0.3 is 0 Å². The summed E-state index contributed by atoms with van der Waals surface area (Å²) in [5, 5.41) is 4.69. The summed E-state index contributed by atoms with van der Waals surface area (Å²) in [6.07, 6.45) is 6.66. The maximum absolute atomic E-state index is 11.5. The second-order valence-corrected chi connectivity index (χ2v) is 6.35. The third-order valence-electron chi connectivity index (χ3n) is 3.73. The molecule has 0 bridgehead atoms. The molecule has 1 aromatic carbocycles. The number of hydrogen-bond donors (Lipinski definition) is 1. The summed E-state index contributed by atoms with van der Waals surface area (Å²) in [7, 11) is 1.37. The van der Waals surface area contributed by atoms with Crippen LogP contribution in [0.25, 0.3) is 28.2 Å². The summed E-state index contributed by atoms with van der Waals surface area (Å²) in [6.45, 7) is 0. The number of nitrogens with zero attached hydrogens (tertiary/aromatic N) is 5. The van der Waals surface area contributed by atoms with E-state index in [1.54, 1.807) is 23.1 Å². The van der Waals surface area contributed by atoms with Crippen molar-refractivity contribution in [2.45, 2.75) is 0 Å². The Hall–Kier alpha value is -3.17. The van der Waals surface area contributed by atoms with Crippen molar-refractivity contribution < 1.29 is 8.39 Å². The predicted molar refractivity (Wildman–Crippen MR) is 98.2 cm³/mol. The lowest BCUT2D eigenvalue weighted by Gasteiger charge is -2.07. The van der Waals surface area contributed by atoms with E-state index in [1.807, 2.05) is 36.4 Å². The molecule has 26 heavy (non-hydrogen) atoms. The van der Waals surface area contributed by atoms with E-state index in [2.05, 4.69) is 24.8 Å². The zero-order valence-corrected chi connectivity index (χ0v) is 14.6. The molecule has 3 aromatic heterocycles. The zero-order valence-electron chi connectivity index (χ0n) is 13.7. The van der Waals surface area contributed by atoms with Crippen molar-refractivity contribution in [1.29, 1.82) is 0 Å². The second kappa shape index (κ2) is 6.98. The molecular formula is C17H14N6O2S. The maximum atomic E-state index is 11.5. The first-order valence-corrected chi connectivity index (χ1v) is 8.75. The van der Waals surface area contributed by atoms with Gasteiger partial charge in [-0.2, -0.15) is 5.10 Å². The first-order valence-electron chi connectivity index (χ1n) is 7.68. The quantitative estimate of drug-likeness (QED) is 0.583. The van der Waals surface area contributed by atoms with Crippen LogP contribution in [0, 0.1) is 0 Å². The predicted octanol–water partition coefficient (Wildman–Crippen LogP) is 2.49. The van der Waals surface area contributed by atoms with Crippen LogP contribution < -0.4 is 4.72 Å². The molecule has 9 heteroatoms. The summed E-state index contributed by atoms with van der Waals surface area (Å²) < 4.78 is 20.8. The second-order valence-electron chi connectivity index (χ2n) is 5.34. The standard InChI is InChI=1S/C17H14N6O2S/c1-25-26(24)22-14-4-2-3-12(7-14)15-5-6-17-20-10-16(23(17)21-15)13-8-18-11-19-9-13/h2-11,22H,1H3. The van der Waals surface area contributed by atoms with Crippen LogP contribution in [0.15, 0.2) is 61.3 Å². The van der Waals surface area contributed by atoms with Crippen LogP contribution >= 0.6 is 0 Å². The molecule has 0 saturated heterocycles. The van der Waals surface area contributed by atoms with Crippen LogP contribution in [0.2, 0.25) is 0 Å². The van der Waals surface area contributed by atoms with E-state index in [4.69, 9.17) is 4.18 Å². The van der Waals surface area contributed by atoms with Gasteiger partial charge in [0.1, 0.15) is 6.33 Å². The van der Waals surface area contributed by atoms with Crippen molar-refractivity contribution in [2.24, 2.45) is 0 Å². The van der Waals surface area contributed by atoms with E-state index in [0.29, 0.717) is 5.69 Å². The molecule has 4 rings (SSSR count). The topological polar surface area (TPSA) is 94.3 Å². The number of benzene rings is 1. The SMILES string of the molecule is COS(=O)Nc1cccc(-c2ccc3ncc(-c4cncnc4)n3n2)c1. The van der Waals surface area contributed by atoms with Crippen molar-refractivity contribution in [2.75, 3.05) is 11.8 Å². The van der Waals surface area contributed by atoms with Crippen LogP contribution in [-0.2, 0) is 15.4 Å². The summed E-state index contributed by atoms with van der Waals surface area (Å²) in [6, 6.07) is 11.2. The van der Waals surface area contributed by atoms with E-state index >= 15 is 0 Å². The van der Waals surface area contributed by atoms with Crippen molar-refractivity contribution in [3.05, 3.63) is 61.3 Å². The van der Waals surface area contributed by atoms with Gasteiger partial charge in [-0.1, -0.05) is 12.1 Å². The summed E-state index contributed by atoms with van der Waals surface area (Å²) >= 11 is -1.59. The van der Waals surface area contributed by atoms with E-state index in [9.17, 15) is 4.21 Å². The maximum Gasteiger partial charge on any atom is 0.261 e. The molecule has 1 N–H and O–H groups in total. The summed E-state index contributed by atoms with van der Waals surface area (Å²) in [4.78, 5) is 12.5. The number of rotatable bonds is 5. The highest BCUT2D eigenvalue weighted by molar-refractivity contribution is 7.81. The molecule has 0 aliphatic heterocycles. The Morgan fingerprint density at radius 1 is 1.08 bits per heavy atom. The molecule has 8 nitrogen and oxygen atoms in total. The number of hydrogen-bond acceptors (Lipinski definition) is 6. The van der Waals surface area contributed by atoms with Crippen LogP contribution in [0.4, 0.5) is 5.69 Å². The first kappa shape index (κ1) is 16.3. The fraction of sp³-hybridized carbons (Fsp3) is 0.0588. The molecule has 130 valence electrons. The number of nitrogens with one attached hydrogen (secondary N) is 1. The van der Waals surface area contributed by atoms with Gasteiger partial charge < -0.3 is 0 Å². The van der Waals surface area contributed by atoms with E-state index in [0.717, 1.165) is 28.2 Å². The summed E-state index contributed by atoms with van der Waals surface area (Å²) in [5.41, 5.74) is 4.65. The minimum absolute atomic E-state index is 0.673. The van der Waals surface area contributed by atoms with Gasteiger partial charge in [-0.25, -0.2) is 23.7 Å². The Kier molecular flexibility index (Phi) is 4.38. The Morgan fingerprint density at radius 3 is 2.73 bits per heavy atom. The lowest BCUT2D eigenvalue weighted by molar-refractivity contribution is 0.449. The highest BCUT2D eigenvalue weighted by atomic mass is 32.2. The van der Waals surface area contributed by atoms with Gasteiger partial charge in [0.15, 0.2) is 5.65 Å². The first-order chi connectivity index (χ1) is 12.7. The third-order valence-corrected chi connectivity index (χ3v) is 4.43. The fourth-order valence-corrected chi connectivity index (χ4v) is 2.94. The van der Waals surface area contributed by atoms with Crippen molar-refractivity contribution in [1.82, 2.24) is 24.6 Å². The Labute approximate surface area is 151 Å². The molecule has 0 radical (unpaired) electrons. The number of anilines is 1. The third kappa shape index (κ3) is 3.17. The monoisotopic (exact) mass is 366 g/mol. The molecule has 0 spiro atoms. The Morgan fingerprint density at radius 2 is 1.92 bits per heavy atom. The van der Waals surface area contributed by atoms with Crippen LogP contribution in [-0.4, -0.2) is 35.9 Å². The Bertz CT molecular complexity index is 1080. The molecule has 1 unspecified atom stereocenters. The van der Waals surface area contributed by atoms with Gasteiger partial charge in [0.05, 0.1) is 24.7 Å². The van der Waals surface area contributed by atoms with Gasteiger partial charge in [0.25, 0.3) is 11.3 Å². The molecule has 0 saturated carbocycles. The average Bonchev–Trinajstić information content (AvgIpc) is 3.12. The lowest BCUT2D eigenvalue weighted by atomic mass is 10.1. The minimum Gasteiger partial charge on any atom is -0.282 e. The molecule has 0 aliphatic rings. The minimum atomic E-state index is -1.59. The number of fused-ring (bicyclic) bond motifs is 1. The van der Waals surface area contributed by atoms with E-state index < -0.39 is 11.3 Å². The molecule has 0 amide bonds. The molecule has 4 aromatic rings. The molecule has 0 fully saturated rings. The Balaban J connectivity index is 1.76.